The highest BCUT2D eigenvalue weighted by Crippen LogP contribution is 2.36. The monoisotopic (exact) mass is 575 g/mol. The molecule has 1 aromatic heterocycles. The van der Waals surface area contributed by atoms with Crippen LogP contribution < -0.4 is 5.73 Å². The van der Waals surface area contributed by atoms with Gasteiger partial charge in [0.25, 0.3) is 0 Å². The number of nitriles is 1. The van der Waals surface area contributed by atoms with Gasteiger partial charge in [0.1, 0.15) is 6.61 Å². The Bertz CT molecular complexity index is 2010. The molecule has 6 rings (SSSR count). The number of hydrogen-bond donors (Lipinski definition) is 2. The van der Waals surface area contributed by atoms with E-state index in [1.165, 1.54) is 11.6 Å². The van der Waals surface area contributed by atoms with Crippen molar-refractivity contribution in [3.05, 3.63) is 166 Å². The average Bonchev–Trinajstić information content (AvgIpc) is 3.49. The molecule has 1 unspecified atom stereocenters. The number of nitrogens with two attached hydrogens (primary N) is 1. The zero-order chi connectivity index (χ0) is 30.5. The molecule has 0 aliphatic heterocycles. The molecule has 6 aromatic rings. The number of nitrogens with one attached hydrogen (secondary N) is 1. The molecule has 44 heavy (non-hydrogen) atoms. The van der Waals surface area contributed by atoms with Crippen LogP contribution in [-0.4, -0.2) is 16.9 Å². The highest BCUT2D eigenvalue weighted by molar-refractivity contribution is 6.02. The maximum atomic E-state index is 13.4. The van der Waals surface area contributed by atoms with Crippen molar-refractivity contribution in [3.8, 4) is 17.2 Å². The van der Waals surface area contributed by atoms with Crippen molar-refractivity contribution in [2.75, 3.05) is 0 Å². The summed E-state index contributed by atoms with van der Waals surface area (Å²) in [4.78, 5) is 28.8. The Morgan fingerprint density at radius 1 is 0.818 bits per heavy atom. The number of nitrogens with zero attached hydrogens (tertiary/aromatic N) is 1. The number of aromatic amines is 1. The van der Waals surface area contributed by atoms with Crippen molar-refractivity contribution in [2.45, 2.75) is 18.9 Å². The Labute approximate surface area is 255 Å². The normalized spacial score (nSPS) is 11.5. The first-order valence-corrected chi connectivity index (χ1v) is 14.3. The molecule has 0 spiro atoms. The van der Waals surface area contributed by atoms with Gasteiger partial charge < -0.3 is 15.5 Å². The van der Waals surface area contributed by atoms with Crippen LogP contribution in [0.15, 0.2) is 128 Å². The fraction of sp³-hybridized carbons (Fsp3) is 0.0789. The molecular formula is C38H29N3O3. The van der Waals surface area contributed by atoms with Crippen molar-refractivity contribution >= 4 is 22.8 Å². The van der Waals surface area contributed by atoms with E-state index in [0.29, 0.717) is 11.1 Å². The summed E-state index contributed by atoms with van der Waals surface area (Å²) in [7, 11) is 0. The summed E-state index contributed by atoms with van der Waals surface area (Å²) in [5, 5.41) is 10.5. The summed E-state index contributed by atoms with van der Waals surface area (Å²) in [6.45, 7) is 0.104. The zero-order valence-corrected chi connectivity index (χ0v) is 23.9. The van der Waals surface area contributed by atoms with E-state index in [1.54, 1.807) is 12.1 Å². The second kappa shape index (κ2) is 12.5. The Balaban J connectivity index is 1.42. The molecule has 0 fully saturated rings. The first kappa shape index (κ1) is 28.2. The third-order valence-electron chi connectivity index (χ3n) is 7.84. The van der Waals surface area contributed by atoms with Gasteiger partial charge in [-0.25, -0.2) is 4.79 Å². The van der Waals surface area contributed by atoms with Gasteiger partial charge in [0, 0.05) is 28.6 Å². The van der Waals surface area contributed by atoms with E-state index in [1.807, 2.05) is 85.1 Å². The third-order valence-corrected chi connectivity index (χ3v) is 7.84. The van der Waals surface area contributed by atoms with Gasteiger partial charge >= 0.3 is 5.97 Å². The molecule has 0 bridgehead atoms. The molecule has 214 valence electrons. The van der Waals surface area contributed by atoms with Gasteiger partial charge in [-0.1, -0.05) is 97.1 Å². The molecule has 0 radical (unpaired) electrons. The van der Waals surface area contributed by atoms with Gasteiger partial charge in [-0.15, -0.1) is 0 Å². The average molecular weight is 576 g/mol. The summed E-state index contributed by atoms with van der Waals surface area (Å²) in [5.41, 5.74) is 13.2. The summed E-state index contributed by atoms with van der Waals surface area (Å²) in [6, 6.07) is 40.6. The Morgan fingerprint density at radius 2 is 1.57 bits per heavy atom. The first-order valence-electron chi connectivity index (χ1n) is 14.3. The van der Waals surface area contributed by atoms with Gasteiger partial charge in [0.15, 0.2) is 0 Å². The lowest BCUT2D eigenvalue weighted by Crippen LogP contribution is -2.14. The number of hydrogen-bond acceptors (Lipinski definition) is 4. The molecule has 0 aliphatic rings. The van der Waals surface area contributed by atoms with Crippen LogP contribution in [0.3, 0.4) is 0 Å². The summed E-state index contributed by atoms with van der Waals surface area (Å²) in [5.74, 6) is -1.19. The van der Waals surface area contributed by atoms with E-state index in [9.17, 15) is 14.9 Å². The van der Waals surface area contributed by atoms with Crippen LogP contribution in [-0.2, 0) is 17.8 Å². The maximum Gasteiger partial charge on any atom is 0.339 e. The number of primary amides is 1. The van der Waals surface area contributed by atoms with Crippen molar-refractivity contribution in [1.82, 2.24) is 4.98 Å². The van der Waals surface area contributed by atoms with Crippen LogP contribution in [0, 0.1) is 11.3 Å². The van der Waals surface area contributed by atoms with E-state index in [-0.39, 0.29) is 23.7 Å². The van der Waals surface area contributed by atoms with E-state index in [4.69, 9.17) is 10.5 Å². The smallest absolute Gasteiger partial charge is 0.339 e. The second-order valence-corrected chi connectivity index (χ2v) is 10.7. The van der Waals surface area contributed by atoms with E-state index in [2.05, 4.69) is 35.3 Å². The Kier molecular flexibility index (Phi) is 8.02. The fourth-order valence-electron chi connectivity index (χ4n) is 5.61. The van der Waals surface area contributed by atoms with Gasteiger partial charge in [-0.3, -0.25) is 4.79 Å². The van der Waals surface area contributed by atoms with Crippen molar-refractivity contribution in [3.63, 3.8) is 0 Å². The number of H-pyrrole nitrogens is 1. The van der Waals surface area contributed by atoms with Crippen LogP contribution in [0.25, 0.3) is 22.0 Å². The second-order valence-electron chi connectivity index (χ2n) is 10.7. The largest absolute Gasteiger partial charge is 0.457 e. The number of esters is 1. The predicted molar refractivity (Wildman–Crippen MR) is 171 cm³/mol. The summed E-state index contributed by atoms with van der Waals surface area (Å²) >= 11 is 0. The van der Waals surface area contributed by atoms with Gasteiger partial charge in [-0.05, 0) is 64.1 Å². The molecule has 0 aliphatic carbocycles. The fourth-order valence-corrected chi connectivity index (χ4v) is 5.61. The minimum Gasteiger partial charge on any atom is -0.457 e. The Hall–Kier alpha value is -5.93. The Morgan fingerprint density at radius 3 is 2.30 bits per heavy atom. The molecule has 5 aromatic carbocycles. The number of carbonyl (C=O) groups excluding carboxylic acids is 2. The van der Waals surface area contributed by atoms with Crippen molar-refractivity contribution in [2.24, 2.45) is 5.73 Å². The minimum atomic E-state index is -0.621. The molecular weight excluding hydrogens is 546 g/mol. The van der Waals surface area contributed by atoms with Gasteiger partial charge in [0.05, 0.1) is 17.2 Å². The number of carbonyl (C=O) groups is 2. The molecule has 1 atom stereocenters. The standard InChI is InChI=1S/C38H29N3O3/c39-22-27-14-16-32-35(23-41-36(32)19-27)33(18-25-8-3-1-4-9-25)29-13-7-12-28(20-29)31-17-15-30(37(40)42)21-34(31)38(43)44-24-26-10-5-2-6-11-26/h1-17,19-21,23,33,41H,18,24H2,(H2,40,42). The molecule has 3 N–H and O–H groups in total. The van der Waals surface area contributed by atoms with Crippen LogP contribution in [0.5, 0.6) is 0 Å². The third kappa shape index (κ3) is 5.99. The predicted octanol–water partition coefficient (Wildman–Crippen LogP) is 7.54. The van der Waals surface area contributed by atoms with Crippen LogP contribution in [0.4, 0.5) is 0 Å². The number of ether oxygens (including phenoxy) is 1. The lowest BCUT2D eigenvalue weighted by Gasteiger charge is -2.19. The maximum absolute atomic E-state index is 13.4. The number of aromatic nitrogens is 1. The van der Waals surface area contributed by atoms with Gasteiger partial charge in [-0.2, -0.15) is 5.26 Å². The summed E-state index contributed by atoms with van der Waals surface area (Å²) < 4.78 is 5.68. The van der Waals surface area contributed by atoms with Crippen LogP contribution in [0.2, 0.25) is 0 Å². The van der Waals surface area contributed by atoms with Crippen LogP contribution in [0.1, 0.15) is 54.5 Å². The zero-order valence-electron chi connectivity index (χ0n) is 23.9. The molecule has 1 amide bonds. The molecule has 0 saturated carbocycles. The topological polar surface area (TPSA) is 109 Å². The number of rotatable bonds is 9. The molecule has 6 heteroatoms. The lowest BCUT2D eigenvalue weighted by molar-refractivity contribution is 0.0473. The van der Waals surface area contributed by atoms with E-state index < -0.39 is 11.9 Å². The molecule has 6 nitrogen and oxygen atoms in total. The van der Waals surface area contributed by atoms with E-state index >= 15 is 0 Å². The summed E-state index contributed by atoms with van der Waals surface area (Å²) in [6.07, 6.45) is 2.75. The molecule has 0 saturated heterocycles. The van der Waals surface area contributed by atoms with Crippen LogP contribution >= 0.6 is 0 Å². The number of amides is 1. The highest BCUT2D eigenvalue weighted by Gasteiger charge is 2.22. The number of fused-ring (bicyclic) bond motifs is 1. The highest BCUT2D eigenvalue weighted by atomic mass is 16.5. The molecule has 1 heterocycles. The van der Waals surface area contributed by atoms with Crippen molar-refractivity contribution < 1.29 is 14.3 Å². The van der Waals surface area contributed by atoms with E-state index in [0.717, 1.165) is 39.6 Å². The minimum absolute atomic E-state index is 0.0302. The SMILES string of the molecule is N#Cc1ccc2c(C(Cc3ccccc3)c3cccc(-c4ccc(C(N)=O)cc4C(=O)OCc4ccccc4)c3)c[nH]c2c1. The van der Waals surface area contributed by atoms with Crippen molar-refractivity contribution in [1.29, 1.82) is 5.26 Å². The van der Waals surface area contributed by atoms with Gasteiger partial charge in [0.2, 0.25) is 5.91 Å². The lowest BCUT2D eigenvalue weighted by atomic mass is 9.84. The number of benzene rings is 5. The quantitative estimate of drug-likeness (QED) is 0.174. The first-order chi connectivity index (χ1) is 21.5.